The van der Waals surface area contributed by atoms with Gasteiger partial charge in [0.15, 0.2) is 0 Å². The van der Waals surface area contributed by atoms with Crippen molar-refractivity contribution in [2.45, 2.75) is 45.1 Å². The summed E-state index contributed by atoms with van der Waals surface area (Å²) in [6, 6.07) is 9.98. The summed E-state index contributed by atoms with van der Waals surface area (Å²) >= 11 is 0. The smallest absolute Gasteiger partial charge is 0.222 e. The predicted molar refractivity (Wildman–Crippen MR) is 102 cm³/mol. The Labute approximate surface area is 156 Å². The zero-order chi connectivity index (χ0) is 18.4. The second kappa shape index (κ2) is 8.87. The quantitative estimate of drug-likeness (QED) is 0.759. The molecule has 1 amide bonds. The molecular formula is C21H32N2O3. The Morgan fingerprint density at radius 2 is 1.92 bits per heavy atom. The van der Waals surface area contributed by atoms with Crippen LogP contribution in [0.2, 0.25) is 0 Å². The van der Waals surface area contributed by atoms with E-state index in [1.54, 1.807) is 6.92 Å². The molecule has 1 atom stereocenters. The maximum absolute atomic E-state index is 12.1. The molecule has 1 spiro atoms. The van der Waals surface area contributed by atoms with Gasteiger partial charge in [-0.2, -0.15) is 0 Å². The van der Waals surface area contributed by atoms with Crippen molar-refractivity contribution in [3.05, 3.63) is 30.3 Å². The largest absolute Gasteiger partial charge is 0.494 e. The first-order valence-electron chi connectivity index (χ1n) is 9.92. The molecule has 1 aromatic rings. The monoisotopic (exact) mass is 360 g/mol. The van der Waals surface area contributed by atoms with Gasteiger partial charge in [0.05, 0.1) is 12.7 Å². The van der Waals surface area contributed by atoms with Crippen molar-refractivity contribution in [3.63, 3.8) is 0 Å². The number of carbonyl (C=O) groups is 1. The highest BCUT2D eigenvalue weighted by molar-refractivity contribution is 5.77. The molecule has 0 bridgehead atoms. The van der Waals surface area contributed by atoms with Gasteiger partial charge < -0.3 is 19.6 Å². The maximum Gasteiger partial charge on any atom is 0.222 e. The van der Waals surface area contributed by atoms with Gasteiger partial charge in [-0.1, -0.05) is 18.2 Å². The molecule has 144 valence electrons. The van der Waals surface area contributed by atoms with Crippen molar-refractivity contribution >= 4 is 5.91 Å². The summed E-state index contributed by atoms with van der Waals surface area (Å²) in [5.41, 5.74) is 0.264. The van der Waals surface area contributed by atoms with Gasteiger partial charge in [-0.25, -0.2) is 0 Å². The summed E-state index contributed by atoms with van der Waals surface area (Å²) in [7, 11) is 0. The second-order valence-electron chi connectivity index (χ2n) is 7.98. The molecule has 0 aliphatic carbocycles. The fraction of sp³-hybridized carbons (Fsp3) is 0.667. The average Bonchev–Trinajstić information content (AvgIpc) is 2.64. The Morgan fingerprint density at radius 1 is 1.19 bits per heavy atom. The highest BCUT2D eigenvalue weighted by Gasteiger charge is 2.40. The number of β-amino-alcohol motifs (C(OH)–C–C–N with tert-alkyl or cyclic N) is 1. The number of rotatable bonds is 7. The van der Waals surface area contributed by atoms with Crippen LogP contribution in [0.1, 0.15) is 39.0 Å². The van der Waals surface area contributed by atoms with E-state index < -0.39 is 6.10 Å². The van der Waals surface area contributed by atoms with Gasteiger partial charge in [0.1, 0.15) is 5.75 Å². The molecule has 2 aliphatic rings. The first-order valence-corrected chi connectivity index (χ1v) is 9.92. The van der Waals surface area contributed by atoms with Crippen molar-refractivity contribution in [1.29, 1.82) is 0 Å². The fourth-order valence-corrected chi connectivity index (χ4v) is 4.24. The number of aliphatic hydroxyl groups is 1. The molecule has 0 radical (unpaired) electrons. The minimum atomic E-state index is -0.446. The maximum atomic E-state index is 12.1. The van der Waals surface area contributed by atoms with E-state index in [2.05, 4.69) is 4.90 Å². The first kappa shape index (κ1) is 19.2. The molecule has 3 rings (SSSR count). The van der Waals surface area contributed by atoms with Crippen LogP contribution in [0.4, 0.5) is 0 Å². The molecular weight excluding hydrogens is 328 g/mol. The Hall–Kier alpha value is -1.59. The van der Waals surface area contributed by atoms with Crippen molar-refractivity contribution in [3.8, 4) is 5.75 Å². The minimum absolute atomic E-state index is 0.206. The van der Waals surface area contributed by atoms with Crippen molar-refractivity contribution < 1.29 is 14.6 Å². The lowest BCUT2D eigenvalue weighted by atomic mass is 9.72. The van der Waals surface area contributed by atoms with Gasteiger partial charge in [0.25, 0.3) is 0 Å². The van der Waals surface area contributed by atoms with Crippen LogP contribution >= 0.6 is 0 Å². The molecule has 0 saturated carbocycles. The predicted octanol–water partition coefficient (Wildman–Crippen LogP) is 2.54. The summed E-state index contributed by atoms with van der Waals surface area (Å²) in [5, 5.41) is 9.64. The zero-order valence-electron chi connectivity index (χ0n) is 15.9. The number of likely N-dealkylation sites (tertiary alicyclic amines) is 2. The number of hydrogen-bond acceptors (Lipinski definition) is 4. The van der Waals surface area contributed by atoms with E-state index in [1.807, 2.05) is 35.2 Å². The number of ether oxygens (including phenoxy) is 1. The van der Waals surface area contributed by atoms with Gasteiger partial charge in [0.2, 0.25) is 5.91 Å². The summed E-state index contributed by atoms with van der Waals surface area (Å²) in [6.45, 7) is 7.07. The van der Waals surface area contributed by atoms with Crippen LogP contribution < -0.4 is 4.74 Å². The molecule has 2 heterocycles. The number of benzene rings is 1. The number of aliphatic hydroxyl groups excluding tert-OH is 1. The Morgan fingerprint density at radius 3 is 2.62 bits per heavy atom. The zero-order valence-corrected chi connectivity index (χ0v) is 15.9. The van der Waals surface area contributed by atoms with Gasteiger partial charge in [0, 0.05) is 26.1 Å². The number of nitrogens with zero attached hydrogens (tertiary/aromatic N) is 2. The van der Waals surface area contributed by atoms with E-state index in [4.69, 9.17) is 4.74 Å². The van der Waals surface area contributed by atoms with Gasteiger partial charge >= 0.3 is 0 Å². The van der Waals surface area contributed by atoms with E-state index in [9.17, 15) is 9.90 Å². The van der Waals surface area contributed by atoms with E-state index in [0.717, 1.165) is 64.2 Å². The highest BCUT2D eigenvalue weighted by atomic mass is 16.5. The Kier molecular flexibility index (Phi) is 6.54. The van der Waals surface area contributed by atoms with Crippen LogP contribution in [0.3, 0.4) is 0 Å². The van der Waals surface area contributed by atoms with Crippen LogP contribution in [0, 0.1) is 5.41 Å². The number of para-hydroxylation sites is 1. The van der Waals surface area contributed by atoms with E-state index in [1.165, 1.54) is 0 Å². The van der Waals surface area contributed by atoms with Crippen molar-refractivity contribution in [2.24, 2.45) is 5.41 Å². The molecule has 1 N–H and O–H groups in total. The molecule has 5 heteroatoms. The lowest BCUT2D eigenvalue weighted by Gasteiger charge is -2.47. The fourth-order valence-electron chi connectivity index (χ4n) is 4.24. The van der Waals surface area contributed by atoms with Gasteiger partial charge in [-0.05, 0) is 63.2 Å². The molecule has 2 aliphatic heterocycles. The number of hydrogen-bond donors (Lipinski definition) is 1. The third-order valence-electron chi connectivity index (χ3n) is 5.78. The molecule has 2 saturated heterocycles. The molecule has 2 fully saturated rings. The lowest BCUT2D eigenvalue weighted by Crippen LogP contribution is -2.52. The number of piperidine rings is 2. The molecule has 5 nitrogen and oxygen atoms in total. The van der Waals surface area contributed by atoms with Crippen LogP contribution in [-0.4, -0.2) is 66.2 Å². The van der Waals surface area contributed by atoms with Crippen molar-refractivity contribution in [1.82, 2.24) is 9.80 Å². The normalized spacial score (nSPS) is 21.8. The Balaban J connectivity index is 1.39. The highest BCUT2D eigenvalue weighted by Crippen LogP contribution is 2.40. The topological polar surface area (TPSA) is 53.0 Å². The lowest BCUT2D eigenvalue weighted by molar-refractivity contribution is -0.140. The molecule has 26 heavy (non-hydrogen) atoms. The molecule has 1 aromatic carbocycles. The van der Waals surface area contributed by atoms with E-state index >= 15 is 0 Å². The van der Waals surface area contributed by atoms with Gasteiger partial charge in [-0.15, -0.1) is 0 Å². The SMILES string of the molecule is C[C@H](O)CN1CC2(CCC1=O)CCN(CCCOc1ccccc1)CC2. The van der Waals surface area contributed by atoms with Crippen molar-refractivity contribution in [2.75, 3.05) is 39.3 Å². The van der Waals surface area contributed by atoms with E-state index in [0.29, 0.717) is 13.0 Å². The first-order chi connectivity index (χ1) is 12.6. The van der Waals surface area contributed by atoms with Gasteiger partial charge in [-0.3, -0.25) is 4.79 Å². The van der Waals surface area contributed by atoms with Crippen LogP contribution in [0.15, 0.2) is 30.3 Å². The summed E-state index contributed by atoms with van der Waals surface area (Å²) < 4.78 is 5.78. The summed E-state index contributed by atoms with van der Waals surface area (Å²) in [6.07, 6.45) is 4.53. The van der Waals surface area contributed by atoms with Crippen LogP contribution in [0.25, 0.3) is 0 Å². The van der Waals surface area contributed by atoms with Crippen LogP contribution in [-0.2, 0) is 4.79 Å². The minimum Gasteiger partial charge on any atom is -0.494 e. The Bertz CT molecular complexity index is 568. The third kappa shape index (κ3) is 5.21. The standard InChI is InChI=1S/C21H32N2O3/c1-18(24)16-23-17-21(9-8-20(23)25)10-13-22(14-11-21)12-5-15-26-19-6-3-2-4-7-19/h2-4,6-7,18,24H,5,8-17H2,1H3/t18-/m0/s1. The summed E-state index contributed by atoms with van der Waals surface area (Å²) in [5.74, 6) is 1.15. The van der Waals surface area contributed by atoms with Crippen LogP contribution in [0.5, 0.6) is 5.75 Å². The second-order valence-corrected chi connectivity index (χ2v) is 7.98. The van der Waals surface area contributed by atoms with E-state index in [-0.39, 0.29) is 11.3 Å². The molecule has 0 unspecified atom stereocenters. The molecule has 0 aromatic heterocycles. The summed E-state index contributed by atoms with van der Waals surface area (Å²) in [4.78, 5) is 16.5. The number of amides is 1. The average molecular weight is 360 g/mol. The number of carbonyl (C=O) groups excluding carboxylic acids is 1. The third-order valence-corrected chi connectivity index (χ3v) is 5.78.